The second kappa shape index (κ2) is 7.51. The molecule has 1 aliphatic rings. The van der Waals surface area contributed by atoms with Gasteiger partial charge in [-0.2, -0.15) is 4.52 Å². The molecule has 6 nitrogen and oxygen atoms in total. The highest BCUT2D eigenvalue weighted by molar-refractivity contribution is 5.47. The molecular formula is C22H30N6. The van der Waals surface area contributed by atoms with E-state index in [1.165, 1.54) is 5.56 Å². The van der Waals surface area contributed by atoms with E-state index in [-0.39, 0.29) is 5.41 Å². The molecular weight excluding hydrogens is 348 g/mol. The van der Waals surface area contributed by atoms with Gasteiger partial charge >= 0.3 is 0 Å². The Hall–Kier alpha value is -2.47. The number of hydrogen-bond donors (Lipinski definition) is 0. The lowest BCUT2D eigenvalue weighted by Crippen LogP contribution is -2.39. The highest BCUT2D eigenvalue weighted by atomic mass is 15.4. The summed E-state index contributed by atoms with van der Waals surface area (Å²) in [6, 6.07) is 15.2. The number of anilines is 1. The average molecular weight is 379 g/mol. The summed E-state index contributed by atoms with van der Waals surface area (Å²) < 4.78 is 1.91. The summed E-state index contributed by atoms with van der Waals surface area (Å²) in [7, 11) is 0. The fourth-order valence-electron chi connectivity index (χ4n) is 3.97. The van der Waals surface area contributed by atoms with Gasteiger partial charge in [0.15, 0.2) is 11.5 Å². The molecule has 1 unspecified atom stereocenters. The molecule has 1 atom stereocenters. The summed E-state index contributed by atoms with van der Waals surface area (Å²) in [4.78, 5) is 4.98. The van der Waals surface area contributed by atoms with E-state index in [9.17, 15) is 0 Å². The molecule has 0 bridgehead atoms. The van der Waals surface area contributed by atoms with Crippen LogP contribution in [-0.2, 0) is 12.0 Å². The summed E-state index contributed by atoms with van der Waals surface area (Å²) in [6.07, 6.45) is 1.13. The van der Waals surface area contributed by atoms with Crippen LogP contribution >= 0.6 is 0 Å². The predicted octanol–water partition coefficient (Wildman–Crippen LogP) is 3.52. The molecule has 0 radical (unpaired) electrons. The van der Waals surface area contributed by atoms with Crippen LogP contribution in [0.5, 0.6) is 0 Å². The molecule has 1 fully saturated rings. The van der Waals surface area contributed by atoms with Gasteiger partial charge in [0.05, 0.1) is 0 Å². The fraction of sp³-hybridized carbons (Fsp3) is 0.500. The van der Waals surface area contributed by atoms with Crippen molar-refractivity contribution in [3.63, 3.8) is 0 Å². The Balaban J connectivity index is 1.56. The molecule has 28 heavy (non-hydrogen) atoms. The Morgan fingerprint density at radius 3 is 2.54 bits per heavy atom. The maximum atomic E-state index is 4.93. The summed E-state index contributed by atoms with van der Waals surface area (Å²) >= 11 is 0. The minimum absolute atomic E-state index is 0.0953. The van der Waals surface area contributed by atoms with Gasteiger partial charge in [0, 0.05) is 37.6 Å². The highest BCUT2D eigenvalue weighted by Crippen LogP contribution is 2.23. The van der Waals surface area contributed by atoms with Crippen molar-refractivity contribution in [2.75, 3.05) is 24.5 Å². The number of hydrogen-bond acceptors (Lipinski definition) is 5. The van der Waals surface area contributed by atoms with Gasteiger partial charge in [0.2, 0.25) is 0 Å². The largest absolute Gasteiger partial charge is 0.351 e. The minimum atomic E-state index is -0.0953. The number of rotatable bonds is 3. The highest BCUT2D eigenvalue weighted by Gasteiger charge is 2.25. The van der Waals surface area contributed by atoms with Crippen LogP contribution < -0.4 is 4.90 Å². The van der Waals surface area contributed by atoms with E-state index in [0.29, 0.717) is 6.04 Å². The first-order valence-electron chi connectivity index (χ1n) is 10.2. The van der Waals surface area contributed by atoms with E-state index >= 15 is 0 Å². The maximum absolute atomic E-state index is 4.93. The number of fused-ring (bicyclic) bond motifs is 1. The van der Waals surface area contributed by atoms with Crippen molar-refractivity contribution in [1.82, 2.24) is 24.7 Å². The van der Waals surface area contributed by atoms with E-state index in [1.807, 2.05) is 10.6 Å². The van der Waals surface area contributed by atoms with Gasteiger partial charge in [-0.3, -0.25) is 4.90 Å². The zero-order chi connectivity index (χ0) is 19.7. The Labute approximate surface area is 167 Å². The number of nitrogens with zero attached hydrogens (tertiary/aromatic N) is 6. The second-order valence-corrected chi connectivity index (χ2v) is 8.85. The van der Waals surface area contributed by atoms with Crippen LogP contribution in [0.2, 0.25) is 0 Å². The van der Waals surface area contributed by atoms with Gasteiger partial charge in [-0.25, -0.2) is 0 Å². The average Bonchev–Trinajstić information content (AvgIpc) is 3.01. The summed E-state index contributed by atoms with van der Waals surface area (Å²) in [5, 5.41) is 13.6. The third-order valence-corrected chi connectivity index (χ3v) is 5.39. The van der Waals surface area contributed by atoms with Crippen LogP contribution in [0.3, 0.4) is 0 Å². The predicted molar refractivity (Wildman–Crippen MR) is 113 cm³/mol. The van der Waals surface area contributed by atoms with Crippen LogP contribution in [-0.4, -0.2) is 50.4 Å². The first kappa shape index (κ1) is 18.9. The molecule has 3 heterocycles. The SMILES string of the molecule is CC1CN(Cc2ccccc2)CCCN1c1ccc2nnc(C(C)(C)C)n2n1. The van der Waals surface area contributed by atoms with Gasteiger partial charge in [-0.15, -0.1) is 15.3 Å². The van der Waals surface area contributed by atoms with Crippen molar-refractivity contribution in [2.24, 2.45) is 0 Å². The lowest BCUT2D eigenvalue weighted by Gasteiger charge is -2.30. The van der Waals surface area contributed by atoms with E-state index in [1.54, 1.807) is 0 Å². The molecule has 6 heteroatoms. The Morgan fingerprint density at radius 1 is 1.00 bits per heavy atom. The van der Waals surface area contributed by atoms with Crippen molar-refractivity contribution >= 4 is 11.5 Å². The quantitative estimate of drug-likeness (QED) is 0.698. The van der Waals surface area contributed by atoms with E-state index < -0.39 is 0 Å². The smallest absolute Gasteiger partial charge is 0.178 e. The number of benzene rings is 1. The van der Waals surface area contributed by atoms with Gasteiger partial charge in [-0.05, 0) is 31.0 Å². The molecule has 0 saturated carbocycles. The van der Waals surface area contributed by atoms with Crippen LogP contribution in [0.4, 0.5) is 5.82 Å². The first-order chi connectivity index (χ1) is 13.4. The first-order valence-corrected chi connectivity index (χ1v) is 10.2. The van der Waals surface area contributed by atoms with Gasteiger partial charge < -0.3 is 4.90 Å². The summed E-state index contributed by atoms with van der Waals surface area (Å²) in [5.41, 5.74) is 2.09. The lowest BCUT2D eigenvalue weighted by atomic mass is 9.96. The van der Waals surface area contributed by atoms with E-state index in [4.69, 9.17) is 5.10 Å². The molecule has 0 spiro atoms. The zero-order valence-corrected chi connectivity index (χ0v) is 17.3. The Kier molecular flexibility index (Phi) is 5.06. The zero-order valence-electron chi connectivity index (χ0n) is 17.3. The molecule has 4 rings (SSSR count). The normalized spacial score (nSPS) is 19.1. The maximum Gasteiger partial charge on any atom is 0.178 e. The molecule has 2 aromatic heterocycles. The van der Waals surface area contributed by atoms with Crippen LogP contribution in [0, 0.1) is 0 Å². The lowest BCUT2D eigenvalue weighted by molar-refractivity contribution is 0.268. The molecule has 1 aromatic carbocycles. The standard InChI is InChI=1S/C22H30N6/c1-17-15-26(16-18-9-6-5-7-10-18)13-8-14-27(17)20-12-11-19-23-24-21(22(2,3)4)28(19)25-20/h5-7,9-12,17H,8,13-16H2,1-4H3. The second-order valence-electron chi connectivity index (χ2n) is 8.85. The topological polar surface area (TPSA) is 49.6 Å². The third kappa shape index (κ3) is 3.87. The van der Waals surface area contributed by atoms with Gasteiger partial charge in [-0.1, -0.05) is 51.1 Å². The summed E-state index contributed by atoms with van der Waals surface area (Å²) in [6.45, 7) is 12.9. The van der Waals surface area contributed by atoms with Gasteiger partial charge in [0.25, 0.3) is 0 Å². The van der Waals surface area contributed by atoms with E-state index in [2.05, 4.69) is 84.1 Å². The molecule has 0 amide bonds. The van der Waals surface area contributed by atoms with Crippen molar-refractivity contribution in [2.45, 2.75) is 52.1 Å². The molecule has 148 valence electrons. The van der Waals surface area contributed by atoms with Crippen molar-refractivity contribution < 1.29 is 0 Å². The van der Waals surface area contributed by atoms with Gasteiger partial charge in [0.1, 0.15) is 5.82 Å². The Morgan fingerprint density at radius 2 is 1.79 bits per heavy atom. The van der Waals surface area contributed by atoms with Crippen LogP contribution in [0.15, 0.2) is 42.5 Å². The fourth-order valence-corrected chi connectivity index (χ4v) is 3.97. The molecule has 0 N–H and O–H groups in total. The molecule has 1 aliphatic heterocycles. The molecule has 0 aliphatic carbocycles. The van der Waals surface area contributed by atoms with Crippen molar-refractivity contribution in [1.29, 1.82) is 0 Å². The minimum Gasteiger partial charge on any atom is -0.351 e. The number of aromatic nitrogens is 4. The molecule has 3 aromatic rings. The third-order valence-electron chi connectivity index (χ3n) is 5.39. The van der Waals surface area contributed by atoms with Crippen molar-refractivity contribution in [3.05, 3.63) is 53.9 Å². The van der Waals surface area contributed by atoms with Crippen molar-refractivity contribution in [3.8, 4) is 0 Å². The van der Waals surface area contributed by atoms with Crippen LogP contribution in [0.25, 0.3) is 5.65 Å². The molecule has 1 saturated heterocycles. The van der Waals surface area contributed by atoms with Crippen LogP contribution in [0.1, 0.15) is 45.5 Å². The monoisotopic (exact) mass is 378 g/mol. The summed E-state index contributed by atoms with van der Waals surface area (Å²) in [5.74, 6) is 1.91. The van der Waals surface area contributed by atoms with E-state index in [0.717, 1.165) is 49.9 Å². The Bertz CT molecular complexity index is 927.